The molecule has 4 aromatic carbocycles. The van der Waals surface area contributed by atoms with Crippen LogP contribution < -0.4 is 10.6 Å². The molecule has 146 valence electrons. The lowest BCUT2D eigenvalue weighted by atomic mass is 10.2. The second kappa shape index (κ2) is 10.5. The minimum Gasteiger partial charge on any atom is -0.356 e. The Labute approximate surface area is 181 Å². The van der Waals surface area contributed by atoms with Gasteiger partial charge in [0.05, 0.1) is 0 Å². The molecule has 0 heterocycles. The molecule has 0 saturated carbocycles. The number of benzene rings is 4. The SMILES string of the molecule is Cc1ccc(Nc2ccc(Br)cc2)cc1.Cc1ccc(Nc2ccccc2)cc1. The van der Waals surface area contributed by atoms with Gasteiger partial charge in [0.25, 0.3) is 0 Å². The highest BCUT2D eigenvalue weighted by atomic mass is 79.9. The predicted octanol–water partition coefficient (Wildman–Crippen LogP) is 8.24. The first-order chi connectivity index (χ1) is 14.1. The van der Waals surface area contributed by atoms with Crippen molar-refractivity contribution in [1.29, 1.82) is 0 Å². The fourth-order valence-corrected chi connectivity index (χ4v) is 2.93. The van der Waals surface area contributed by atoms with Crippen LogP contribution in [0.15, 0.2) is 108 Å². The van der Waals surface area contributed by atoms with Gasteiger partial charge in [-0.2, -0.15) is 0 Å². The number of hydrogen-bond acceptors (Lipinski definition) is 2. The van der Waals surface area contributed by atoms with E-state index in [1.165, 1.54) is 11.1 Å². The quantitative estimate of drug-likeness (QED) is 0.331. The van der Waals surface area contributed by atoms with E-state index in [1.807, 2.05) is 42.5 Å². The van der Waals surface area contributed by atoms with Crippen LogP contribution in [0.2, 0.25) is 0 Å². The molecule has 0 amide bonds. The summed E-state index contributed by atoms with van der Waals surface area (Å²) in [5.74, 6) is 0. The number of nitrogens with one attached hydrogen (secondary N) is 2. The van der Waals surface area contributed by atoms with Crippen LogP contribution in [0.1, 0.15) is 11.1 Å². The Morgan fingerprint density at radius 1 is 0.448 bits per heavy atom. The number of para-hydroxylation sites is 1. The Kier molecular flexibility index (Phi) is 7.48. The molecule has 0 spiro atoms. The molecule has 0 aliphatic heterocycles. The van der Waals surface area contributed by atoms with Crippen LogP contribution in [0.3, 0.4) is 0 Å². The highest BCUT2D eigenvalue weighted by Gasteiger charge is 1.94. The molecule has 4 aromatic rings. The molecule has 0 fully saturated rings. The van der Waals surface area contributed by atoms with Gasteiger partial charge in [-0.05, 0) is 74.5 Å². The van der Waals surface area contributed by atoms with Crippen LogP contribution in [0.25, 0.3) is 0 Å². The Morgan fingerprint density at radius 2 is 0.793 bits per heavy atom. The molecular weight excluding hydrogens is 420 g/mol. The van der Waals surface area contributed by atoms with E-state index in [4.69, 9.17) is 0 Å². The topological polar surface area (TPSA) is 24.1 Å². The first kappa shape index (κ1) is 20.7. The third-order valence-corrected chi connectivity index (χ3v) is 4.83. The number of halogens is 1. The summed E-state index contributed by atoms with van der Waals surface area (Å²) in [7, 11) is 0. The molecule has 0 saturated heterocycles. The van der Waals surface area contributed by atoms with E-state index in [-0.39, 0.29) is 0 Å². The fraction of sp³-hybridized carbons (Fsp3) is 0.0769. The second-order valence-electron chi connectivity index (χ2n) is 6.85. The Morgan fingerprint density at radius 3 is 1.21 bits per heavy atom. The van der Waals surface area contributed by atoms with Crippen LogP contribution in [0.4, 0.5) is 22.7 Å². The van der Waals surface area contributed by atoms with Crippen LogP contribution in [0.5, 0.6) is 0 Å². The lowest BCUT2D eigenvalue weighted by Gasteiger charge is -2.06. The van der Waals surface area contributed by atoms with Crippen molar-refractivity contribution >= 4 is 38.7 Å². The molecule has 0 aliphatic rings. The van der Waals surface area contributed by atoms with E-state index in [2.05, 4.69) is 101 Å². The zero-order chi connectivity index (χ0) is 20.5. The van der Waals surface area contributed by atoms with Gasteiger partial charge in [-0.25, -0.2) is 0 Å². The van der Waals surface area contributed by atoms with Gasteiger partial charge in [0, 0.05) is 27.2 Å². The van der Waals surface area contributed by atoms with E-state index in [0.717, 1.165) is 27.2 Å². The van der Waals surface area contributed by atoms with E-state index in [9.17, 15) is 0 Å². The summed E-state index contributed by atoms with van der Waals surface area (Å²) in [5.41, 5.74) is 7.02. The highest BCUT2D eigenvalue weighted by Crippen LogP contribution is 2.19. The molecule has 0 atom stereocenters. The van der Waals surface area contributed by atoms with E-state index >= 15 is 0 Å². The van der Waals surface area contributed by atoms with Gasteiger partial charge in [-0.1, -0.05) is 69.5 Å². The Hall–Kier alpha value is -3.04. The average Bonchev–Trinajstić information content (AvgIpc) is 2.74. The summed E-state index contributed by atoms with van der Waals surface area (Å²) < 4.78 is 1.09. The first-order valence-corrected chi connectivity index (χ1v) is 10.4. The summed E-state index contributed by atoms with van der Waals surface area (Å²) in [6, 6.07) is 35.0. The summed E-state index contributed by atoms with van der Waals surface area (Å²) in [5, 5.41) is 6.67. The van der Waals surface area contributed by atoms with E-state index in [1.54, 1.807) is 0 Å². The van der Waals surface area contributed by atoms with E-state index in [0.29, 0.717) is 0 Å². The second-order valence-corrected chi connectivity index (χ2v) is 7.77. The zero-order valence-corrected chi connectivity index (χ0v) is 18.3. The number of hydrogen-bond donors (Lipinski definition) is 2. The number of rotatable bonds is 4. The highest BCUT2D eigenvalue weighted by molar-refractivity contribution is 9.10. The molecule has 2 nitrogen and oxygen atoms in total. The third-order valence-electron chi connectivity index (χ3n) is 4.30. The zero-order valence-electron chi connectivity index (χ0n) is 16.7. The normalized spacial score (nSPS) is 9.90. The molecule has 0 unspecified atom stereocenters. The minimum atomic E-state index is 1.09. The van der Waals surface area contributed by atoms with Gasteiger partial charge in [-0.3, -0.25) is 0 Å². The van der Waals surface area contributed by atoms with Gasteiger partial charge in [0.2, 0.25) is 0 Å². The van der Waals surface area contributed by atoms with E-state index < -0.39 is 0 Å². The van der Waals surface area contributed by atoms with Crippen molar-refractivity contribution in [3.63, 3.8) is 0 Å². The summed E-state index contributed by atoms with van der Waals surface area (Å²) >= 11 is 3.41. The molecule has 4 rings (SSSR count). The van der Waals surface area contributed by atoms with Crippen molar-refractivity contribution in [2.75, 3.05) is 10.6 Å². The van der Waals surface area contributed by atoms with Crippen molar-refractivity contribution in [3.05, 3.63) is 119 Å². The van der Waals surface area contributed by atoms with Crippen LogP contribution in [-0.2, 0) is 0 Å². The molecular formula is C26H25BrN2. The van der Waals surface area contributed by atoms with Gasteiger partial charge in [0.1, 0.15) is 0 Å². The maximum atomic E-state index is 3.41. The standard InChI is InChI=1S/C13H12BrN.C13H13N/c1-10-2-6-12(7-3-10)15-13-8-4-11(14)5-9-13;1-11-7-9-13(10-8-11)14-12-5-3-2-4-6-12/h2-9,15H,1H3;2-10,14H,1H3. The molecule has 2 N–H and O–H groups in total. The van der Waals surface area contributed by atoms with Crippen LogP contribution in [0, 0.1) is 13.8 Å². The smallest absolute Gasteiger partial charge is 0.0384 e. The molecule has 3 heteroatoms. The molecule has 0 aliphatic carbocycles. The molecule has 0 aromatic heterocycles. The lowest BCUT2D eigenvalue weighted by molar-refractivity contribution is 1.45. The van der Waals surface area contributed by atoms with Crippen molar-refractivity contribution < 1.29 is 0 Å². The maximum absolute atomic E-state index is 3.41. The summed E-state index contributed by atoms with van der Waals surface area (Å²) in [6.07, 6.45) is 0. The summed E-state index contributed by atoms with van der Waals surface area (Å²) in [6.45, 7) is 4.18. The Balaban J connectivity index is 0.000000166. The number of anilines is 4. The lowest BCUT2D eigenvalue weighted by Crippen LogP contribution is -1.89. The van der Waals surface area contributed by atoms with Gasteiger partial charge < -0.3 is 10.6 Å². The minimum absolute atomic E-state index is 1.09. The molecule has 29 heavy (non-hydrogen) atoms. The maximum Gasteiger partial charge on any atom is 0.0384 e. The van der Waals surface area contributed by atoms with Gasteiger partial charge in [0.15, 0.2) is 0 Å². The van der Waals surface area contributed by atoms with Crippen LogP contribution in [-0.4, -0.2) is 0 Å². The van der Waals surface area contributed by atoms with Gasteiger partial charge >= 0.3 is 0 Å². The number of aryl methyl sites for hydroxylation is 2. The van der Waals surface area contributed by atoms with Crippen molar-refractivity contribution in [1.82, 2.24) is 0 Å². The average molecular weight is 445 g/mol. The van der Waals surface area contributed by atoms with Crippen LogP contribution >= 0.6 is 15.9 Å². The predicted molar refractivity (Wildman–Crippen MR) is 130 cm³/mol. The monoisotopic (exact) mass is 444 g/mol. The molecule has 0 radical (unpaired) electrons. The third kappa shape index (κ3) is 7.13. The fourth-order valence-electron chi connectivity index (χ4n) is 2.66. The van der Waals surface area contributed by atoms with Gasteiger partial charge in [-0.15, -0.1) is 0 Å². The molecule has 0 bridgehead atoms. The Bertz CT molecular complexity index is 950. The van der Waals surface area contributed by atoms with Crippen molar-refractivity contribution in [2.24, 2.45) is 0 Å². The first-order valence-electron chi connectivity index (χ1n) is 9.56. The largest absolute Gasteiger partial charge is 0.356 e. The van der Waals surface area contributed by atoms with Crippen molar-refractivity contribution in [3.8, 4) is 0 Å². The van der Waals surface area contributed by atoms with Crippen molar-refractivity contribution in [2.45, 2.75) is 13.8 Å². The summed E-state index contributed by atoms with van der Waals surface area (Å²) in [4.78, 5) is 0.